The van der Waals surface area contributed by atoms with Crippen LogP contribution in [0.3, 0.4) is 0 Å². The molecule has 2 nitrogen and oxygen atoms in total. The van der Waals surface area contributed by atoms with Crippen LogP contribution in [0.25, 0.3) is 11.1 Å². The molecule has 1 heterocycles. The van der Waals surface area contributed by atoms with Crippen molar-refractivity contribution in [1.29, 1.82) is 0 Å². The van der Waals surface area contributed by atoms with Crippen LogP contribution in [0.1, 0.15) is 44.5 Å². The molecule has 5 heteroatoms. The highest BCUT2D eigenvalue weighted by molar-refractivity contribution is 5.64. The van der Waals surface area contributed by atoms with Crippen molar-refractivity contribution in [3.8, 4) is 11.1 Å². The lowest BCUT2D eigenvalue weighted by atomic mass is 9.76. The molecule has 1 aliphatic heterocycles. The molecule has 2 aromatic rings. The van der Waals surface area contributed by atoms with E-state index in [1.165, 1.54) is 25.7 Å². The predicted molar refractivity (Wildman–Crippen MR) is 101 cm³/mol. The first-order valence-electron chi connectivity index (χ1n) is 9.99. The molecule has 0 amide bonds. The molecule has 0 spiro atoms. The molecule has 28 heavy (non-hydrogen) atoms. The number of hydrogen-bond acceptors (Lipinski definition) is 2. The second kappa shape index (κ2) is 8.26. The van der Waals surface area contributed by atoms with E-state index < -0.39 is 23.7 Å². The van der Waals surface area contributed by atoms with Crippen LogP contribution >= 0.6 is 0 Å². The number of ether oxygens (including phenoxy) is 2. The number of rotatable bonds is 3. The van der Waals surface area contributed by atoms with Crippen LogP contribution in [0, 0.1) is 35.2 Å². The predicted octanol–water partition coefficient (Wildman–Crippen LogP) is 6.26. The fraction of sp³-hybridized carbons (Fsp3) is 0.478. The first-order valence-corrected chi connectivity index (χ1v) is 9.99. The zero-order valence-electron chi connectivity index (χ0n) is 16.0. The Balaban J connectivity index is 1.39. The maximum atomic E-state index is 13.5. The summed E-state index contributed by atoms with van der Waals surface area (Å²) in [5.74, 6) is -1.87. The van der Waals surface area contributed by atoms with Gasteiger partial charge in [-0.2, -0.15) is 0 Å². The van der Waals surface area contributed by atoms with Gasteiger partial charge in [0.15, 0.2) is 23.7 Å². The number of benzene rings is 2. The minimum Gasteiger partial charge on any atom is -0.348 e. The van der Waals surface area contributed by atoms with Gasteiger partial charge in [0.2, 0.25) is 0 Å². The SMILES string of the molecule is CC1CCC(C2COC(c3ccc(-c4cc(F)c(F)c(F)c4)cc3)OC2)CC1. The van der Waals surface area contributed by atoms with Crippen molar-refractivity contribution in [3.63, 3.8) is 0 Å². The standard InChI is InChI=1S/C23H25F3O2/c1-14-2-4-16(5-3-14)19-12-27-23(28-13-19)17-8-6-15(7-9-17)18-10-20(24)22(26)21(25)11-18/h6-11,14,16,19,23H,2-5,12-13H2,1H3. The summed E-state index contributed by atoms with van der Waals surface area (Å²) in [5, 5.41) is 0. The van der Waals surface area contributed by atoms with Crippen LogP contribution in [-0.4, -0.2) is 13.2 Å². The second-order valence-electron chi connectivity index (χ2n) is 8.15. The van der Waals surface area contributed by atoms with Crippen molar-refractivity contribution in [2.75, 3.05) is 13.2 Å². The summed E-state index contributed by atoms with van der Waals surface area (Å²) in [6, 6.07) is 9.11. The summed E-state index contributed by atoms with van der Waals surface area (Å²) in [5.41, 5.74) is 1.76. The lowest BCUT2D eigenvalue weighted by molar-refractivity contribution is -0.214. The lowest BCUT2D eigenvalue weighted by Gasteiger charge is -2.37. The molecule has 4 rings (SSSR count). The summed E-state index contributed by atoms with van der Waals surface area (Å²) in [6.07, 6.45) is 4.66. The molecule has 2 fully saturated rings. The van der Waals surface area contributed by atoms with Crippen LogP contribution < -0.4 is 0 Å². The van der Waals surface area contributed by atoms with Crippen LogP contribution in [0.2, 0.25) is 0 Å². The molecular formula is C23H25F3O2. The van der Waals surface area contributed by atoms with Crippen molar-refractivity contribution in [3.05, 3.63) is 59.4 Å². The van der Waals surface area contributed by atoms with Gasteiger partial charge in [0.05, 0.1) is 13.2 Å². The molecule has 2 aliphatic rings. The molecule has 0 atom stereocenters. The van der Waals surface area contributed by atoms with Gasteiger partial charge in [0.25, 0.3) is 0 Å². The number of hydrogen-bond donors (Lipinski definition) is 0. The second-order valence-corrected chi connectivity index (χ2v) is 8.15. The van der Waals surface area contributed by atoms with Crippen molar-refractivity contribution in [2.24, 2.45) is 17.8 Å². The highest BCUT2D eigenvalue weighted by Crippen LogP contribution is 2.37. The Morgan fingerprint density at radius 2 is 1.32 bits per heavy atom. The summed E-state index contributed by atoms with van der Waals surface area (Å²) >= 11 is 0. The molecule has 0 radical (unpaired) electrons. The minimum atomic E-state index is -1.45. The third kappa shape index (κ3) is 4.11. The Bertz CT molecular complexity index is 782. The first kappa shape index (κ1) is 19.5. The van der Waals surface area contributed by atoms with E-state index in [1.54, 1.807) is 12.1 Å². The Labute approximate surface area is 163 Å². The summed E-state index contributed by atoms with van der Waals surface area (Å²) in [4.78, 5) is 0. The molecule has 0 aromatic heterocycles. The topological polar surface area (TPSA) is 18.5 Å². The fourth-order valence-corrected chi connectivity index (χ4v) is 4.29. The summed E-state index contributed by atoms with van der Waals surface area (Å²) in [7, 11) is 0. The molecule has 1 saturated carbocycles. The third-order valence-corrected chi connectivity index (χ3v) is 6.15. The van der Waals surface area contributed by atoms with E-state index >= 15 is 0 Å². The van der Waals surface area contributed by atoms with Crippen LogP contribution in [0.15, 0.2) is 36.4 Å². The van der Waals surface area contributed by atoms with Gasteiger partial charge in [-0.15, -0.1) is 0 Å². The van der Waals surface area contributed by atoms with E-state index in [-0.39, 0.29) is 0 Å². The largest absolute Gasteiger partial charge is 0.348 e. The van der Waals surface area contributed by atoms with Gasteiger partial charge in [0, 0.05) is 11.5 Å². The Morgan fingerprint density at radius 3 is 1.89 bits per heavy atom. The van der Waals surface area contributed by atoms with E-state index in [9.17, 15) is 13.2 Å². The van der Waals surface area contributed by atoms with Crippen LogP contribution in [-0.2, 0) is 9.47 Å². The van der Waals surface area contributed by atoms with Crippen molar-refractivity contribution < 1.29 is 22.6 Å². The Hall–Kier alpha value is -1.85. The molecule has 0 bridgehead atoms. The van der Waals surface area contributed by atoms with E-state index in [0.29, 0.717) is 36.2 Å². The molecule has 0 unspecified atom stereocenters. The molecular weight excluding hydrogens is 365 g/mol. The normalized spacial score (nSPS) is 28.3. The van der Waals surface area contributed by atoms with Gasteiger partial charge in [-0.25, -0.2) is 13.2 Å². The van der Waals surface area contributed by atoms with Crippen LogP contribution in [0.4, 0.5) is 13.2 Å². The van der Waals surface area contributed by atoms with Gasteiger partial charge in [-0.05, 0) is 47.9 Å². The zero-order valence-corrected chi connectivity index (χ0v) is 16.0. The average Bonchev–Trinajstić information content (AvgIpc) is 2.72. The molecule has 0 N–H and O–H groups in total. The minimum absolute atomic E-state index is 0.292. The number of halogens is 3. The smallest absolute Gasteiger partial charge is 0.194 e. The Morgan fingerprint density at radius 1 is 0.750 bits per heavy atom. The molecule has 1 aliphatic carbocycles. The molecule has 1 saturated heterocycles. The summed E-state index contributed by atoms with van der Waals surface area (Å²) < 4.78 is 52.0. The lowest BCUT2D eigenvalue weighted by Crippen LogP contribution is -2.34. The van der Waals surface area contributed by atoms with Crippen molar-refractivity contribution in [2.45, 2.75) is 38.9 Å². The summed E-state index contributed by atoms with van der Waals surface area (Å²) in [6.45, 7) is 3.71. The Kier molecular flexibility index (Phi) is 5.74. The van der Waals surface area contributed by atoms with Gasteiger partial charge < -0.3 is 9.47 Å². The van der Waals surface area contributed by atoms with Crippen molar-refractivity contribution >= 4 is 0 Å². The molecule has 150 valence electrons. The van der Waals surface area contributed by atoms with E-state index in [4.69, 9.17) is 9.47 Å². The highest BCUT2D eigenvalue weighted by Gasteiger charge is 2.31. The average molecular weight is 390 g/mol. The highest BCUT2D eigenvalue weighted by atomic mass is 19.2. The molecule has 2 aromatic carbocycles. The van der Waals surface area contributed by atoms with Gasteiger partial charge in [0.1, 0.15) is 0 Å². The fourth-order valence-electron chi connectivity index (χ4n) is 4.29. The quantitative estimate of drug-likeness (QED) is 0.576. The van der Waals surface area contributed by atoms with Crippen molar-refractivity contribution in [1.82, 2.24) is 0 Å². The zero-order chi connectivity index (χ0) is 19.7. The third-order valence-electron chi connectivity index (χ3n) is 6.15. The van der Waals surface area contributed by atoms with E-state index in [1.807, 2.05) is 12.1 Å². The van der Waals surface area contributed by atoms with Crippen LogP contribution in [0.5, 0.6) is 0 Å². The van der Waals surface area contributed by atoms with Gasteiger partial charge in [-0.1, -0.05) is 44.0 Å². The maximum absolute atomic E-state index is 13.5. The first-order chi connectivity index (χ1) is 13.5. The monoisotopic (exact) mass is 390 g/mol. The van der Waals surface area contributed by atoms with Gasteiger partial charge in [-0.3, -0.25) is 0 Å². The maximum Gasteiger partial charge on any atom is 0.194 e. The van der Waals surface area contributed by atoms with Gasteiger partial charge >= 0.3 is 0 Å². The van der Waals surface area contributed by atoms with E-state index in [0.717, 1.165) is 23.6 Å². The van der Waals surface area contributed by atoms with E-state index in [2.05, 4.69) is 6.92 Å².